The van der Waals surface area contributed by atoms with Gasteiger partial charge in [-0.2, -0.15) is 0 Å². The van der Waals surface area contributed by atoms with Crippen LogP contribution >= 0.6 is 0 Å². The van der Waals surface area contributed by atoms with Crippen molar-refractivity contribution in [3.05, 3.63) is 23.8 Å². The quantitative estimate of drug-likeness (QED) is 0.475. The molecule has 0 radical (unpaired) electrons. The van der Waals surface area contributed by atoms with E-state index in [0.717, 1.165) is 12.8 Å². The van der Waals surface area contributed by atoms with E-state index in [0.29, 0.717) is 22.8 Å². The summed E-state index contributed by atoms with van der Waals surface area (Å²) in [6.07, 6.45) is 8.09. The normalized spacial score (nSPS) is 41.7. The van der Waals surface area contributed by atoms with Crippen molar-refractivity contribution < 1.29 is 14.6 Å². The van der Waals surface area contributed by atoms with E-state index in [1.165, 1.54) is 31.3 Å². The molecule has 128 valence electrons. The molecule has 3 heteroatoms. The van der Waals surface area contributed by atoms with Crippen LogP contribution in [-0.4, -0.2) is 23.8 Å². The number of allylic oxidation sites excluding steroid dienone is 2. The molecule has 0 amide bonds. The molecule has 0 aromatic carbocycles. The Bertz CT molecular complexity index is 545. The minimum atomic E-state index is -0.759. The zero-order valence-electron chi connectivity index (χ0n) is 14.7. The van der Waals surface area contributed by atoms with Gasteiger partial charge in [-0.05, 0) is 54.8 Å². The minimum Gasteiger partial charge on any atom is -0.459 e. The molecule has 0 spiro atoms. The van der Waals surface area contributed by atoms with Gasteiger partial charge in [-0.3, -0.25) is 0 Å². The van der Waals surface area contributed by atoms with Gasteiger partial charge < -0.3 is 9.84 Å². The third-order valence-corrected chi connectivity index (χ3v) is 6.86. The predicted molar refractivity (Wildman–Crippen MR) is 90.8 cm³/mol. The van der Waals surface area contributed by atoms with Gasteiger partial charge in [0.25, 0.3) is 0 Å². The third-order valence-electron chi connectivity index (χ3n) is 6.86. The average molecular weight is 318 g/mol. The number of cyclic esters (lactones) is 1. The van der Waals surface area contributed by atoms with E-state index < -0.39 is 6.10 Å². The highest BCUT2D eigenvalue weighted by atomic mass is 16.6. The molecule has 4 atom stereocenters. The molecule has 0 aromatic rings. The Labute approximate surface area is 139 Å². The first kappa shape index (κ1) is 16.8. The van der Waals surface area contributed by atoms with Crippen molar-refractivity contribution >= 4 is 5.97 Å². The number of hydrogen-bond donors (Lipinski definition) is 1. The molecule has 1 N–H and O–H groups in total. The molecule has 0 aromatic heterocycles. The smallest absolute Gasteiger partial charge is 0.336 e. The summed E-state index contributed by atoms with van der Waals surface area (Å²) in [6.45, 7) is 11.7. The van der Waals surface area contributed by atoms with E-state index >= 15 is 0 Å². The Morgan fingerprint density at radius 2 is 2.09 bits per heavy atom. The fourth-order valence-electron chi connectivity index (χ4n) is 5.64. The molecule has 1 saturated heterocycles. The number of aliphatic hydroxyl groups is 1. The monoisotopic (exact) mass is 318 g/mol. The van der Waals surface area contributed by atoms with E-state index in [-0.39, 0.29) is 18.0 Å². The summed E-state index contributed by atoms with van der Waals surface area (Å²) in [7, 11) is 0. The van der Waals surface area contributed by atoms with Crippen LogP contribution < -0.4 is 0 Å². The highest BCUT2D eigenvalue weighted by Gasteiger charge is 2.52. The minimum absolute atomic E-state index is 0.100. The summed E-state index contributed by atoms with van der Waals surface area (Å²) >= 11 is 0. The highest BCUT2D eigenvalue weighted by molar-refractivity contribution is 5.91. The van der Waals surface area contributed by atoms with Crippen LogP contribution in [0.15, 0.2) is 23.8 Å². The van der Waals surface area contributed by atoms with Crippen LogP contribution in [0.3, 0.4) is 0 Å². The number of ether oxygens (including phenoxy) is 1. The molecule has 3 fully saturated rings. The van der Waals surface area contributed by atoms with Gasteiger partial charge in [0.05, 0.1) is 5.57 Å². The lowest BCUT2D eigenvalue weighted by atomic mass is 9.47. The lowest BCUT2D eigenvalue weighted by Gasteiger charge is -2.58. The van der Waals surface area contributed by atoms with Crippen LogP contribution in [0.4, 0.5) is 0 Å². The van der Waals surface area contributed by atoms with Gasteiger partial charge in [-0.15, -0.1) is 0 Å². The van der Waals surface area contributed by atoms with E-state index in [4.69, 9.17) is 4.74 Å². The number of aliphatic hydroxyl groups excluding tert-OH is 1. The van der Waals surface area contributed by atoms with Gasteiger partial charge in [0, 0.05) is 0 Å². The fourth-order valence-corrected chi connectivity index (χ4v) is 5.64. The summed E-state index contributed by atoms with van der Waals surface area (Å²) < 4.78 is 4.93. The maximum absolute atomic E-state index is 11.7. The molecule has 1 aliphatic heterocycles. The SMILES string of the molecule is C=C1CCC2C(C)(C)CCCC2(C)C1CC=C1C(=O)OCC1O. The van der Waals surface area contributed by atoms with Gasteiger partial charge in [0.2, 0.25) is 0 Å². The largest absolute Gasteiger partial charge is 0.459 e. The molecular weight excluding hydrogens is 288 g/mol. The van der Waals surface area contributed by atoms with Gasteiger partial charge in [0.1, 0.15) is 12.7 Å². The maximum atomic E-state index is 11.7. The van der Waals surface area contributed by atoms with E-state index in [1.54, 1.807) is 0 Å². The predicted octanol–water partition coefficient (Wildman–Crippen LogP) is 4.02. The van der Waals surface area contributed by atoms with Crippen LogP contribution in [0.1, 0.15) is 59.3 Å². The van der Waals surface area contributed by atoms with Crippen LogP contribution in [-0.2, 0) is 9.53 Å². The van der Waals surface area contributed by atoms with Crippen molar-refractivity contribution in [3.63, 3.8) is 0 Å². The summed E-state index contributed by atoms with van der Waals surface area (Å²) in [5.41, 5.74) is 2.39. The standard InChI is InChI=1S/C20H30O3/c1-13-6-9-17-19(2,3)10-5-11-20(17,4)15(13)8-7-14-16(21)12-23-18(14)22/h7,15-17,21H,1,5-6,8-12H2,2-4H3. The van der Waals surface area contributed by atoms with Crippen LogP contribution in [0.25, 0.3) is 0 Å². The number of carbonyl (C=O) groups is 1. The molecule has 3 rings (SSSR count). The van der Waals surface area contributed by atoms with Crippen molar-refractivity contribution in [2.45, 2.75) is 65.4 Å². The van der Waals surface area contributed by atoms with Crippen molar-refractivity contribution in [2.75, 3.05) is 6.61 Å². The molecule has 23 heavy (non-hydrogen) atoms. The van der Waals surface area contributed by atoms with E-state index in [9.17, 15) is 9.90 Å². The average Bonchev–Trinajstić information content (AvgIpc) is 2.77. The lowest BCUT2D eigenvalue weighted by molar-refractivity contribution is -0.135. The highest BCUT2D eigenvalue weighted by Crippen LogP contribution is 2.61. The van der Waals surface area contributed by atoms with E-state index in [2.05, 4.69) is 27.4 Å². The Balaban J connectivity index is 1.86. The molecule has 3 nitrogen and oxygen atoms in total. The van der Waals surface area contributed by atoms with Crippen LogP contribution in [0, 0.1) is 22.7 Å². The van der Waals surface area contributed by atoms with Crippen molar-refractivity contribution in [3.8, 4) is 0 Å². The Hall–Kier alpha value is -1.09. The molecule has 2 aliphatic carbocycles. The van der Waals surface area contributed by atoms with Crippen LogP contribution in [0.2, 0.25) is 0 Å². The number of esters is 1. The van der Waals surface area contributed by atoms with Crippen molar-refractivity contribution in [1.82, 2.24) is 0 Å². The number of carbonyl (C=O) groups excluding carboxylic acids is 1. The Kier molecular flexibility index (Phi) is 4.20. The molecule has 0 bridgehead atoms. The number of rotatable bonds is 2. The maximum Gasteiger partial charge on any atom is 0.336 e. The van der Waals surface area contributed by atoms with Gasteiger partial charge in [0.15, 0.2) is 0 Å². The molecular formula is C20H30O3. The summed E-state index contributed by atoms with van der Waals surface area (Å²) in [6, 6.07) is 0. The zero-order chi connectivity index (χ0) is 16.8. The number of hydrogen-bond acceptors (Lipinski definition) is 3. The first-order valence-corrected chi connectivity index (χ1v) is 8.98. The second-order valence-electron chi connectivity index (χ2n) is 8.66. The molecule has 2 saturated carbocycles. The van der Waals surface area contributed by atoms with Crippen LogP contribution in [0.5, 0.6) is 0 Å². The van der Waals surface area contributed by atoms with Gasteiger partial charge >= 0.3 is 5.97 Å². The third kappa shape index (κ3) is 2.77. The first-order valence-electron chi connectivity index (χ1n) is 8.98. The van der Waals surface area contributed by atoms with Gasteiger partial charge in [-0.1, -0.05) is 45.4 Å². The summed E-state index contributed by atoms with van der Waals surface area (Å²) in [5.74, 6) is 0.747. The van der Waals surface area contributed by atoms with Crippen molar-refractivity contribution in [1.29, 1.82) is 0 Å². The Morgan fingerprint density at radius 3 is 2.74 bits per heavy atom. The Morgan fingerprint density at radius 1 is 1.35 bits per heavy atom. The lowest BCUT2D eigenvalue weighted by Crippen LogP contribution is -2.49. The first-order chi connectivity index (χ1) is 10.8. The topological polar surface area (TPSA) is 46.5 Å². The second-order valence-corrected chi connectivity index (χ2v) is 8.66. The van der Waals surface area contributed by atoms with E-state index in [1.807, 2.05) is 6.08 Å². The zero-order valence-corrected chi connectivity index (χ0v) is 14.7. The molecule has 4 unspecified atom stereocenters. The fraction of sp³-hybridized carbons (Fsp3) is 0.750. The second kappa shape index (κ2) is 5.77. The van der Waals surface area contributed by atoms with Gasteiger partial charge in [-0.25, -0.2) is 4.79 Å². The summed E-state index contributed by atoms with van der Waals surface area (Å²) in [4.78, 5) is 11.7. The molecule has 3 aliphatic rings. The molecule has 1 heterocycles. The van der Waals surface area contributed by atoms with Crippen molar-refractivity contribution in [2.24, 2.45) is 22.7 Å². The number of fused-ring (bicyclic) bond motifs is 1. The summed E-state index contributed by atoms with van der Waals surface area (Å²) in [5, 5.41) is 9.90.